The van der Waals surface area contributed by atoms with Gasteiger partial charge in [0, 0.05) is 16.3 Å². The third kappa shape index (κ3) is 4.14. The Morgan fingerprint density at radius 2 is 2.22 bits per heavy atom. The first kappa shape index (κ1) is 14.7. The molecule has 0 saturated carbocycles. The van der Waals surface area contributed by atoms with Gasteiger partial charge in [-0.05, 0) is 25.1 Å². The number of nitrogens with two attached hydrogens (primary N) is 1. The highest BCUT2D eigenvalue weighted by Gasteiger charge is 2.15. The number of benzene rings is 1. The average molecular weight is 269 g/mol. The highest BCUT2D eigenvalue weighted by molar-refractivity contribution is 7.99. The second-order valence-corrected chi connectivity index (χ2v) is 4.93. The molecule has 0 radical (unpaired) electrons. The Hall–Kier alpha value is -1.36. The molecule has 0 saturated heterocycles. The number of thioether (sulfide) groups is 1. The van der Waals surface area contributed by atoms with E-state index in [1.807, 2.05) is 19.1 Å². The van der Waals surface area contributed by atoms with Gasteiger partial charge in [0.25, 0.3) is 0 Å². The normalized spacial score (nSPS) is 11.9. The zero-order valence-electron chi connectivity index (χ0n) is 10.9. The van der Waals surface area contributed by atoms with Gasteiger partial charge in [-0.1, -0.05) is 6.92 Å². The van der Waals surface area contributed by atoms with Crippen LogP contribution < -0.4 is 10.5 Å². The maximum Gasteiger partial charge on any atom is 0.309 e. The number of carbonyl (C=O) groups excluding carboxylic acids is 1. The van der Waals surface area contributed by atoms with Crippen molar-refractivity contribution in [3.63, 3.8) is 0 Å². The highest BCUT2D eigenvalue weighted by Crippen LogP contribution is 2.30. The van der Waals surface area contributed by atoms with Gasteiger partial charge in [0.2, 0.25) is 0 Å². The molecule has 0 spiro atoms. The number of nitrogen functional groups attached to an aromatic ring is 1. The monoisotopic (exact) mass is 269 g/mol. The fourth-order valence-electron chi connectivity index (χ4n) is 1.33. The standard InChI is InChI=1S/C13H19NO3S/c1-4-17-13(15)9(2)8-18-12-7-10(16-3)5-6-11(12)14/h5-7,9H,4,8,14H2,1-3H3. The summed E-state index contributed by atoms with van der Waals surface area (Å²) in [7, 11) is 1.61. The van der Waals surface area contributed by atoms with Crippen LogP contribution in [0.3, 0.4) is 0 Å². The lowest BCUT2D eigenvalue weighted by Gasteiger charge is -2.11. The summed E-state index contributed by atoms with van der Waals surface area (Å²) in [5.41, 5.74) is 6.56. The van der Waals surface area contributed by atoms with Crippen LogP contribution in [0.4, 0.5) is 5.69 Å². The minimum Gasteiger partial charge on any atom is -0.497 e. The number of anilines is 1. The maximum absolute atomic E-state index is 11.5. The Morgan fingerprint density at radius 1 is 1.50 bits per heavy atom. The average Bonchev–Trinajstić information content (AvgIpc) is 2.37. The largest absolute Gasteiger partial charge is 0.497 e. The van der Waals surface area contributed by atoms with E-state index in [1.165, 1.54) is 11.8 Å². The molecule has 0 aliphatic rings. The summed E-state index contributed by atoms with van der Waals surface area (Å²) in [6, 6.07) is 5.49. The summed E-state index contributed by atoms with van der Waals surface area (Å²) in [6.07, 6.45) is 0. The van der Waals surface area contributed by atoms with Gasteiger partial charge < -0.3 is 15.2 Å². The van der Waals surface area contributed by atoms with Crippen LogP contribution in [-0.4, -0.2) is 25.4 Å². The molecule has 2 N–H and O–H groups in total. The van der Waals surface area contributed by atoms with Crippen LogP contribution in [0.5, 0.6) is 5.75 Å². The fourth-order valence-corrected chi connectivity index (χ4v) is 2.33. The van der Waals surface area contributed by atoms with Crippen LogP contribution >= 0.6 is 11.8 Å². The van der Waals surface area contributed by atoms with Gasteiger partial charge in [-0.3, -0.25) is 4.79 Å². The van der Waals surface area contributed by atoms with E-state index < -0.39 is 0 Å². The van der Waals surface area contributed by atoms with Crippen LogP contribution in [0.25, 0.3) is 0 Å². The summed E-state index contributed by atoms with van der Waals surface area (Å²) >= 11 is 1.53. The van der Waals surface area contributed by atoms with E-state index in [0.29, 0.717) is 18.0 Å². The van der Waals surface area contributed by atoms with Crippen molar-refractivity contribution < 1.29 is 14.3 Å². The molecule has 0 bridgehead atoms. The molecule has 1 atom stereocenters. The molecule has 18 heavy (non-hydrogen) atoms. The van der Waals surface area contributed by atoms with E-state index in [0.717, 1.165) is 10.6 Å². The summed E-state index contributed by atoms with van der Waals surface area (Å²) in [5.74, 6) is 1.07. The van der Waals surface area contributed by atoms with Crippen LogP contribution in [0.15, 0.2) is 23.1 Å². The van der Waals surface area contributed by atoms with Crippen molar-refractivity contribution in [1.29, 1.82) is 0 Å². The topological polar surface area (TPSA) is 61.5 Å². The quantitative estimate of drug-likeness (QED) is 0.488. The fraction of sp³-hybridized carbons (Fsp3) is 0.462. The second-order valence-electron chi connectivity index (χ2n) is 3.87. The van der Waals surface area contributed by atoms with E-state index >= 15 is 0 Å². The Labute approximate surface area is 112 Å². The zero-order valence-corrected chi connectivity index (χ0v) is 11.8. The van der Waals surface area contributed by atoms with Gasteiger partial charge >= 0.3 is 5.97 Å². The van der Waals surface area contributed by atoms with Crippen molar-refractivity contribution in [2.75, 3.05) is 25.2 Å². The molecule has 0 aliphatic carbocycles. The number of hydrogen-bond acceptors (Lipinski definition) is 5. The van der Waals surface area contributed by atoms with Crippen LogP contribution in [0.2, 0.25) is 0 Å². The van der Waals surface area contributed by atoms with Gasteiger partial charge in [0.1, 0.15) is 5.75 Å². The number of hydrogen-bond donors (Lipinski definition) is 1. The summed E-state index contributed by atoms with van der Waals surface area (Å²) in [6.45, 7) is 4.06. The van der Waals surface area contributed by atoms with Crippen molar-refractivity contribution in [3.05, 3.63) is 18.2 Å². The zero-order chi connectivity index (χ0) is 13.5. The molecule has 5 heteroatoms. The number of carbonyl (C=O) groups is 1. The van der Waals surface area contributed by atoms with E-state index in [9.17, 15) is 4.79 Å². The van der Waals surface area contributed by atoms with Crippen LogP contribution in [0, 0.1) is 5.92 Å². The third-order valence-electron chi connectivity index (χ3n) is 2.40. The van der Waals surface area contributed by atoms with Crippen molar-refractivity contribution >= 4 is 23.4 Å². The molecule has 1 rings (SSSR count). The van der Waals surface area contributed by atoms with Gasteiger partial charge in [-0.2, -0.15) is 0 Å². The van der Waals surface area contributed by atoms with Gasteiger partial charge in [-0.15, -0.1) is 11.8 Å². The third-order valence-corrected chi connectivity index (χ3v) is 3.73. The van der Waals surface area contributed by atoms with Gasteiger partial charge in [0.05, 0.1) is 19.6 Å². The molecular weight excluding hydrogens is 250 g/mol. The Bertz CT molecular complexity index is 409. The lowest BCUT2D eigenvalue weighted by Crippen LogP contribution is -2.16. The Kier molecular flexibility index (Phi) is 5.85. The highest BCUT2D eigenvalue weighted by atomic mass is 32.2. The van der Waals surface area contributed by atoms with Gasteiger partial charge in [-0.25, -0.2) is 0 Å². The summed E-state index contributed by atoms with van der Waals surface area (Å²) in [4.78, 5) is 12.4. The van der Waals surface area contributed by atoms with Gasteiger partial charge in [0.15, 0.2) is 0 Å². The Morgan fingerprint density at radius 3 is 2.83 bits per heavy atom. The summed E-state index contributed by atoms with van der Waals surface area (Å²) < 4.78 is 10.1. The van der Waals surface area contributed by atoms with Crippen molar-refractivity contribution in [2.24, 2.45) is 5.92 Å². The van der Waals surface area contributed by atoms with Crippen molar-refractivity contribution in [3.8, 4) is 5.75 Å². The number of ether oxygens (including phenoxy) is 2. The molecule has 0 heterocycles. The predicted octanol–water partition coefficient (Wildman–Crippen LogP) is 2.57. The Balaban J connectivity index is 2.60. The molecule has 1 unspecified atom stereocenters. The molecule has 4 nitrogen and oxygen atoms in total. The van der Waals surface area contributed by atoms with E-state index in [2.05, 4.69) is 0 Å². The molecule has 0 aromatic heterocycles. The first-order chi connectivity index (χ1) is 8.58. The molecule has 1 aromatic carbocycles. The van der Waals surface area contributed by atoms with Crippen LogP contribution in [-0.2, 0) is 9.53 Å². The molecule has 100 valence electrons. The number of rotatable bonds is 6. The SMILES string of the molecule is CCOC(=O)C(C)CSc1cc(OC)ccc1N. The lowest BCUT2D eigenvalue weighted by molar-refractivity contribution is -0.146. The predicted molar refractivity (Wildman–Crippen MR) is 73.9 cm³/mol. The van der Waals surface area contributed by atoms with E-state index in [4.69, 9.17) is 15.2 Å². The smallest absolute Gasteiger partial charge is 0.309 e. The molecule has 0 amide bonds. The number of methoxy groups -OCH3 is 1. The molecular formula is C13H19NO3S. The van der Waals surface area contributed by atoms with Crippen molar-refractivity contribution in [2.45, 2.75) is 18.7 Å². The van der Waals surface area contributed by atoms with E-state index in [1.54, 1.807) is 20.1 Å². The lowest BCUT2D eigenvalue weighted by atomic mass is 10.2. The maximum atomic E-state index is 11.5. The first-order valence-electron chi connectivity index (χ1n) is 5.81. The van der Waals surface area contributed by atoms with Crippen LogP contribution in [0.1, 0.15) is 13.8 Å². The summed E-state index contributed by atoms with van der Waals surface area (Å²) in [5, 5.41) is 0. The van der Waals surface area contributed by atoms with E-state index in [-0.39, 0.29) is 11.9 Å². The minimum atomic E-state index is -0.175. The number of esters is 1. The molecule has 0 aliphatic heterocycles. The molecule has 0 fully saturated rings. The minimum absolute atomic E-state index is 0.152. The van der Waals surface area contributed by atoms with Crippen molar-refractivity contribution in [1.82, 2.24) is 0 Å². The molecule has 1 aromatic rings. The second kappa shape index (κ2) is 7.16. The first-order valence-corrected chi connectivity index (χ1v) is 6.80.